The number of methoxy groups -OCH3 is 1. The highest BCUT2D eigenvalue weighted by atomic mass is 19.4. The number of amides is 2. The molecule has 10 heteroatoms. The molecule has 7 nitrogen and oxygen atoms in total. The van der Waals surface area contributed by atoms with Gasteiger partial charge in [0.25, 0.3) is 5.91 Å². The van der Waals surface area contributed by atoms with Crippen LogP contribution in [0.15, 0.2) is 18.2 Å². The molecule has 0 fully saturated rings. The number of hydroxylamine groups is 2. The molecule has 0 bridgehead atoms. The van der Waals surface area contributed by atoms with Crippen LogP contribution in [0.25, 0.3) is 6.08 Å². The minimum Gasteiger partial charge on any atom is -0.453 e. The zero-order chi connectivity index (χ0) is 18.3. The van der Waals surface area contributed by atoms with Gasteiger partial charge in [0.05, 0.1) is 19.9 Å². The Morgan fingerprint density at radius 2 is 2.00 bits per heavy atom. The number of carbonyl (C=O) groups excluding carboxylic acids is 2. The summed E-state index contributed by atoms with van der Waals surface area (Å²) in [5, 5.41) is 3.11. The van der Waals surface area contributed by atoms with Crippen molar-refractivity contribution in [3.8, 4) is 0 Å². The molecule has 0 saturated heterocycles. The zero-order valence-corrected chi connectivity index (χ0v) is 13.2. The highest BCUT2D eigenvalue weighted by Crippen LogP contribution is 2.29. The van der Waals surface area contributed by atoms with Crippen LogP contribution in [0.5, 0.6) is 0 Å². The average molecular weight is 347 g/mol. The summed E-state index contributed by atoms with van der Waals surface area (Å²) < 4.78 is 43.1. The number of aromatic nitrogens is 1. The van der Waals surface area contributed by atoms with Crippen LogP contribution in [0.1, 0.15) is 21.7 Å². The summed E-state index contributed by atoms with van der Waals surface area (Å²) in [6.45, 7) is 0.0197. The molecule has 1 aromatic heterocycles. The maximum Gasteiger partial charge on any atom is 0.433 e. The second-order valence-electron chi connectivity index (χ2n) is 4.42. The Balaban J connectivity index is 3.09. The van der Waals surface area contributed by atoms with E-state index in [1.807, 2.05) is 0 Å². The summed E-state index contributed by atoms with van der Waals surface area (Å²) in [5.41, 5.74) is -1.54. The molecule has 24 heavy (non-hydrogen) atoms. The normalized spacial score (nSPS) is 11.4. The zero-order valence-electron chi connectivity index (χ0n) is 13.2. The molecule has 0 aliphatic heterocycles. The number of alkyl carbamates (subject to hydrolysis) is 1. The number of pyridine rings is 1. The fourth-order valence-corrected chi connectivity index (χ4v) is 1.56. The van der Waals surface area contributed by atoms with Crippen molar-refractivity contribution in [2.75, 3.05) is 27.8 Å². The lowest BCUT2D eigenvalue weighted by Crippen LogP contribution is -2.26. The van der Waals surface area contributed by atoms with Crippen LogP contribution in [-0.4, -0.2) is 49.9 Å². The van der Waals surface area contributed by atoms with E-state index in [-0.39, 0.29) is 17.8 Å². The maximum absolute atomic E-state index is 12.9. The van der Waals surface area contributed by atoms with Crippen molar-refractivity contribution in [2.45, 2.75) is 6.18 Å². The van der Waals surface area contributed by atoms with E-state index >= 15 is 0 Å². The lowest BCUT2D eigenvalue weighted by molar-refractivity contribution is -0.141. The van der Waals surface area contributed by atoms with Gasteiger partial charge in [0, 0.05) is 19.2 Å². The maximum atomic E-state index is 12.9. The van der Waals surface area contributed by atoms with Gasteiger partial charge in [-0.15, -0.1) is 0 Å². The molecular formula is C14H16F3N3O4. The van der Waals surface area contributed by atoms with E-state index in [2.05, 4.69) is 19.9 Å². The van der Waals surface area contributed by atoms with E-state index in [4.69, 9.17) is 0 Å². The van der Waals surface area contributed by atoms with Crippen LogP contribution < -0.4 is 5.32 Å². The van der Waals surface area contributed by atoms with Crippen molar-refractivity contribution in [1.82, 2.24) is 15.4 Å². The van der Waals surface area contributed by atoms with Gasteiger partial charge < -0.3 is 10.1 Å². The van der Waals surface area contributed by atoms with Crippen LogP contribution in [-0.2, 0) is 15.8 Å². The summed E-state index contributed by atoms with van der Waals surface area (Å²) in [5.74, 6) is -0.757. The molecule has 0 atom stereocenters. The number of rotatable bonds is 5. The van der Waals surface area contributed by atoms with Gasteiger partial charge >= 0.3 is 12.3 Å². The molecular weight excluding hydrogens is 331 g/mol. The predicted molar refractivity (Wildman–Crippen MR) is 77.8 cm³/mol. The molecule has 2 amide bonds. The first kappa shape index (κ1) is 19.4. The van der Waals surface area contributed by atoms with Crippen molar-refractivity contribution in [2.24, 2.45) is 0 Å². The van der Waals surface area contributed by atoms with Crippen LogP contribution >= 0.6 is 0 Å². The van der Waals surface area contributed by atoms with Gasteiger partial charge in [0.15, 0.2) is 0 Å². The topological polar surface area (TPSA) is 80.8 Å². The van der Waals surface area contributed by atoms with Crippen LogP contribution in [0.3, 0.4) is 0 Å². The number of ether oxygens (including phenoxy) is 1. The van der Waals surface area contributed by atoms with Crippen LogP contribution in [0, 0.1) is 0 Å². The largest absolute Gasteiger partial charge is 0.453 e. The smallest absolute Gasteiger partial charge is 0.433 e. The molecule has 1 N–H and O–H groups in total. The molecule has 0 aliphatic rings. The molecule has 0 saturated carbocycles. The number of nitrogens with zero attached hydrogens (tertiary/aromatic N) is 2. The average Bonchev–Trinajstić information content (AvgIpc) is 2.55. The lowest BCUT2D eigenvalue weighted by Gasteiger charge is -2.15. The Hall–Kier alpha value is -2.62. The third kappa shape index (κ3) is 5.54. The molecule has 0 spiro atoms. The molecule has 0 aromatic carbocycles. The van der Waals surface area contributed by atoms with Crippen molar-refractivity contribution in [3.63, 3.8) is 0 Å². The fraction of sp³-hybridized carbons (Fsp3) is 0.357. The minimum absolute atomic E-state index is 0.0197. The molecule has 1 aromatic rings. The second-order valence-corrected chi connectivity index (χ2v) is 4.42. The Bertz CT molecular complexity index is 632. The quantitative estimate of drug-likeness (QED) is 0.825. The summed E-state index contributed by atoms with van der Waals surface area (Å²) in [7, 11) is 3.66. The number of nitrogens with one attached hydrogen (secondary N) is 1. The molecule has 0 radical (unpaired) electrons. The van der Waals surface area contributed by atoms with Crippen molar-refractivity contribution < 1.29 is 32.3 Å². The third-order valence-electron chi connectivity index (χ3n) is 2.78. The number of carbonyl (C=O) groups is 2. The van der Waals surface area contributed by atoms with E-state index in [0.717, 1.165) is 5.06 Å². The van der Waals surface area contributed by atoms with Crippen LogP contribution in [0.2, 0.25) is 0 Å². The Labute approximate surface area is 136 Å². The van der Waals surface area contributed by atoms with E-state index in [9.17, 15) is 22.8 Å². The number of hydrogen-bond donors (Lipinski definition) is 1. The lowest BCUT2D eigenvalue weighted by atomic mass is 10.1. The van der Waals surface area contributed by atoms with Crippen molar-refractivity contribution in [3.05, 3.63) is 35.2 Å². The summed E-state index contributed by atoms with van der Waals surface area (Å²) in [4.78, 5) is 31.0. The number of alkyl halides is 3. The fourth-order valence-electron chi connectivity index (χ4n) is 1.56. The molecule has 0 aliphatic carbocycles. The van der Waals surface area contributed by atoms with Gasteiger partial charge in [-0.2, -0.15) is 13.2 Å². The van der Waals surface area contributed by atoms with E-state index in [1.54, 1.807) is 0 Å². The summed E-state index contributed by atoms with van der Waals surface area (Å²) >= 11 is 0. The minimum atomic E-state index is -4.71. The van der Waals surface area contributed by atoms with E-state index in [1.165, 1.54) is 39.5 Å². The third-order valence-corrected chi connectivity index (χ3v) is 2.78. The van der Waals surface area contributed by atoms with Crippen molar-refractivity contribution in [1.29, 1.82) is 0 Å². The van der Waals surface area contributed by atoms with Gasteiger partial charge in [-0.3, -0.25) is 9.63 Å². The predicted octanol–water partition coefficient (Wildman–Crippen LogP) is 2.10. The molecule has 132 valence electrons. The van der Waals surface area contributed by atoms with E-state index in [0.29, 0.717) is 6.07 Å². The first-order chi connectivity index (χ1) is 11.2. The first-order valence-corrected chi connectivity index (χ1v) is 6.58. The highest BCUT2D eigenvalue weighted by Gasteiger charge is 2.34. The monoisotopic (exact) mass is 347 g/mol. The SMILES string of the molecule is COC(=O)NCC=Cc1cc(C(=O)N(C)OC)cc(C(F)(F)F)n1. The van der Waals surface area contributed by atoms with Crippen LogP contribution in [0.4, 0.5) is 18.0 Å². The van der Waals surface area contributed by atoms with Crippen molar-refractivity contribution >= 4 is 18.1 Å². The Morgan fingerprint density at radius 3 is 2.54 bits per heavy atom. The summed E-state index contributed by atoms with van der Waals surface area (Å²) in [6, 6.07) is 1.82. The molecule has 1 heterocycles. The van der Waals surface area contributed by atoms with Gasteiger partial charge in [0.1, 0.15) is 5.69 Å². The van der Waals surface area contributed by atoms with Gasteiger partial charge in [-0.1, -0.05) is 6.08 Å². The second kappa shape index (κ2) is 8.29. The molecule has 0 unspecified atom stereocenters. The first-order valence-electron chi connectivity index (χ1n) is 6.58. The van der Waals surface area contributed by atoms with E-state index < -0.39 is 23.9 Å². The Morgan fingerprint density at radius 1 is 1.33 bits per heavy atom. The Kier molecular flexibility index (Phi) is 6.71. The van der Waals surface area contributed by atoms with Gasteiger partial charge in [-0.25, -0.2) is 14.8 Å². The standard InChI is InChI=1S/C14H16F3N3O4/c1-20(24-3)12(21)9-7-10(5-4-6-18-13(22)23-2)19-11(8-9)14(15,16)17/h4-5,7-8H,6H2,1-3H3,(H,18,22). The molecule has 1 rings (SSSR count). The number of hydrogen-bond acceptors (Lipinski definition) is 5. The summed E-state index contributed by atoms with van der Waals surface area (Å²) in [6.07, 6.45) is -2.79. The van der Waals surface area contributed by atoms with Gasteiger partial charge in [-0.05, 0) is 18.2 Å². The number of halogens is 3. The highest BCUT2D eigenvalue weighted by molar-refractivity contribution is 5.94. The van der Waals surface area contributed by atoms with Gasteiger partial charge in [0.2, 0.25) is 0 Å².